The molecule has 0 saturated carbocycles. The number of nitrogens with one attached hydrogen (secondary N) is 1. The van der Waals surface area contributed by atoms with Gasteiger partial charge in [0.25, 0.3) is 0 Å². The van der Waals surface area contributed by atoms with Crippen LogP contribution in [0.25, 0.3) is 0 Å². The SMILES string of the molecule is CC(C)(CCO)CNS(=O)(=O)c1ccc(Cl)c(F)c1Cl. The van der Waals surface area contributed by atoms with Gasteiger partial charge in [-0.25, -0.2) is 17.5 Å². The molecule has 0 fully saturated rings. The lowest BCUT2D eigenvalue weighted by Crippen LogP contribution is -2.34. The maximum Gasteiger partial charge on any atom is 0.242 e. The van der Waals surface area contributed by atoms with Crippen LogP contribution in [0.2, 0.25) is 10.0 Å². The Hall–Kier alpha value is -0.400. The van der Waals surface area contributed by atoms with Crippen molar-refractivity contribution in [1.82, 2.24) is 4.72 Å². The molecule has 1 aromatic carbocycles. The van der Waals surface area contributed by atoms with E-state index in [4.69, 9.17) is 28.3 Å². The lowest BCUT2D eigenvalue weighted by molar-refractivity contribution is 0.213. The highest BCUT2D eigenvalue weighted by Crippen LogP contribution is 2.29. The van der Waals surface area contributed by atoms with E-state index in [1.807, 2.05) is 0 Å². The fourth-order valence-corrected chi connectivity index (χ4v) is 3.46. The van der Waals surface area contributed by atoms with Gasteiger partial charge in [0.15, 0.2) is 5.82 Å². The summed E-state index contributed by atoms with van der Waals surface area (Å²) in [7, 11) is -3.94. The van der Waals surface area contributed by atoms with Crippen molar-refractivity contribution in [3.63, 3.8) is 0 Å². The van der Waals surface area contributed by atoms with Crippen LogP contribution in [0.1, 0.15) is 20.3 Å². The van der Waals surface area contributed by atoms with E-state index in [1.165, 1.54) is 0 Å². The molecule has 0 aliphatic heterocycles. The molecule has 0 radical (unpaired) electrons. The van der Waals surface area contributed by atoms with Crippen LogP contribution >= 0.6 is 23.2 Å². The number of aliphatic hydroxyl groups is 1. The van der Waals surface area contributed by atoms with Crippen LogP contribution in [0.3, 0.4) is 0 Å². The van der Waals surface area contributed by atoms with Crippen molar-refractivity contribution >= 4 is 33.2 Å². The predicted octanol–water partition coefficient (Wildman–Crippen LogP) is 2.82. The van der Waals surface area contributed by atoms with Gasteiger partial charge in [0.1, 0.15) is 4.90 Å². The van der Waals surface area contributed by atoms with Crippen LogP contribution in [0.15, 0.2) is 17.0 Å². The van der Waals surface area contributed by atoms with Gasteiger partial charge in [0.05, 0.1) is 10.0 Å². The summed E-state index contributed by atoms with van der Waals surface area (Å²) in [6, 6.07) is 2.28. The first-order valence-corrected chi connectivity index (χ1v) is 8.09. The van der Waals surface area contributed by atoms with Crippen molar-refractivity contribution < 1.29 is 17.9 Å². The van der Waals surface area contributed by atoms with Gasteiger partial charge in [-0.1, -0.05) is 37.0 Å². The third kappa shape index (κ3) is 4.30. The minimum Gasteiger partial charge on any atom is -0.396 e. The quantitative estimate of drug-likeness (QED) is 0.780. The molecule has 114 valence electrons. The molecule has 0 aliphatic rings. The second-order valence-corrected chi connectivity index (χ2v) is 7.66. The summed E-state index contributed by atoms with van der Waals surface area (Å²) in [6.45, 7) is 3.65. The van der Waals surface area contributed by atoms with Crippen LogP contribution in [0, 0.1) is 11.2 Å². The molecule has 1 aromatic rings. The second kappa shape index (κ2) is 6.58. The maximum atomic E-state index is 13.5. The highest BCUT2D eigenvalue weighted by Gasteiger charge is 2.25. The molecule has 0 amide bonds. The number of sulfonamides is 1. The summed E-state index contributed by atoms with van der Waals surface area (Å²) in [6.07, 6.45) is 0.429. The normalized spacial score (nSPS) is 12.7. The van der Waals surface area contributed by atoms with Gasteiger partial charge in [-0.2, -0.15) is 0 Å². The van der Waals surface area contributed by atoms with Gasteiger partial charge in [0.2, 0.25) is 10.0 Å². The van der Waals surface area contributed by atoms with Crippen LogP contribution in [0.5, 0.6) is 0 Å². The minimum atomic E-state index is -3.94. The fourth-order valence-electron chi connectivity index (χ4n) is 1.47. The minimum absolute atomic E-state index is 0.0505. The average molecular weight is 344 g/mol. The first-order chi connectivity index (χ1) is 9.10. The number of hydrogen-bond acceptors (Lipinski definition) is 3. The zero-order valence-electron chi connectivity index (χ0n) is 11.1. The number of hydrogen-bond donors (Lipinski definition) is 2. The zero-order valence-corrected chi connectivity index (χ0v) is 13.4. The third-order valence-corrected chi connectivity index (χ3v) is 5.04. The van der Waals surface area contributed by atoms with Crippen molar-refractivity contribution in [2.75, 3.05) is 13.2 Å². The summed E-state index contributed by atoms with van der Waals surface area (Å²) in [5, 5.41) is 8.12. The van der Waals surface area contributed by atoms with Crippen molar-refractivity contribution in [2.45, 2.75) is 25.2 Å². The van der Waals surface area contributed by atoms with Gasteiger partial charge in [-0.15, -0.1) is 0 Å². The predicted molar refractivity (Wildman–Crippen MR) is 77.1 cm³/mol. The maximum absolute atomic E-state index is 13.5. The van der Waals surface area contributed by atoms with E-state index >= 15 is 0 Å². The fraction of sp³-hybridized carbons (Fsp3) is 0.500. The van der Waals surface area contributed by atoms with Crippen LogP contribution in [0.4, 0.5) is 4.39 Å². The van der Waals surface area contributed by atoms with E-state index in [9.17, 15) is 12.8 Å². The van der Waals surface area contributed by atoms with Gasteiger partial charge in [-0.05, 0) is 24.0 Å². The van der Waals surface area contributed by atoms with Gasteiger partial charge < -0.3 is 5.11 Å². The molecule has 20 heavy (non-hydrogen) atoms. The highest BCUT2D eigenvalue weighted by atomic mass is 35.5. The number of benzene rings is 1. The molecule has 4 nitrogen and oxygen atoms in total. The first kappa shape index (κ1) is 17.7. The molecule has 0 unspecified atom stereocenters. The molecular formula is C12H16Cl2FNO3S. The van der Waals surface area contributed by atoms with Crippen LogP contribution < -0.4 is 4.72 Å². The van der Waals surface area contributed by atoms with Crippen molar-refractivity contribution in [3.8, 4) is 0 Å². The van der Waals surface area contributed by atoms with E-state index in [0.717, 1.165) is 12.1 Å². The monoisotopic (exact) mass is 343 g/mol. The van der Waals surface area contributed by atoms with E-state index in [-0.39, 0.29) is 23.1 Å². The van der Waals surface area contributed by atoms with Gasteiger partial charge in [-0.3, -0.25) is 0 Å². The summed E-state index contributed by atoms with van der Waals surface area (Å²) < 4.78 is 40.1. The number of rotatable bonds is 6. The van der Waals surface area contributed by atoms with Crippen molar-refractivity contribution in [3.05, 3.63) is 28.0 Å². The lowest BCUT2D eigenvalue weighted by atomic mass is 9.90. The molecule has 0 aliphatic carbocycles. The van der Waals surface area contributed by atoms with Gasteiger partial charge >= 0.3 is 0 Å². The zero-order chi connectivity index (χ0) is 15.6. The molecule has 2 N–H and O–H groups in total. The summed E-state index contributed by atoms with van der Waals surface area (Å²) in [4.78, 5) is -0.360. The molecular weight excluding hydrogens is 328 g/mol. The molecule has 0 heterocycles. The molecule has 8 heteroatoms. The molecule has 0 bridgehead atoms. The average Bonchev–Trinajstić information content (AvgIpc) is 2.34. The van der Waals surface area contributed by atoms with E-state index in [2.05, 4.69) is 4.72 Å². The Kier molecular flexibility index (Phi) is 5.80. The Balaban J connectivity index is 2.99. The number of halogens is 3. The van der Waals surface area contributed by atoms with Crippen LogP contribution in [-0.4, -0.2) is 26.7 Å². The molecule has 1 rings (SSSR count). The van der Waals surface area contributed by atoms with E-state index in [0.29, 0.717) is 6.42 Å². The largest absolute Gasteiger partial charge is 0.396 e. The molecule has 0 spiro atoms. The van der Waals surface area contributed by atoms with Crippen molar-refractivity contribution in [1.29, 1.82) is 0 Å². The third-order valence-electron chi connectivity index (χ3n) is 2.82. The standard InChI is InChI=1S/C12H16Cl2FNO3S/c1-12(2,5-6-17)7-16-20(18,19)9-4-3-8(13)11(15)10(9)14/h3-4,16-17H,5-7H2,1-2H3. The summed E-state index contributed by atoms with van der Waals surface area (Å²) >= 11 is 11.2. The summed E-state index contributed by atoms with van der Waals surface area (Å²) in [5.74, 6) is -0.967. The van der Waals surface area contributed by atoms with Crippen LogP contribution in [-0.2, 0) is 10.0 Å². The van der Waals surface area contributed by atoms with E-state index in [1.54, 1.807) is 13.8 Å². The Morgan fingerprint density at radius 3 is 2.50 bits per heavy atom. The number of aliphatic hydroxyl groups excluding tert-OH is 1. The summed E-state index contributed by atoms with van der Waals surface area (Å²) in [5.41, 5.74) is -0.431. The van der Waals surface area contributed by atoms with Gasteiger partial charge in [0, 0.05) is 13.2 Å². The molecule has 0 aromatic heterocycles. The van der Waals surface area contributed by atoms with Crippen molar-refractivity contribution in [2.24, 2.45) is 5.41 Å². The lowest BCUT2D eigenvalue weighted by Gasteiger charge is -2.23. The molecule has 0 saturated heterocycles. The van der Waals surface area contributed by atoms with E-state index < -0.39 is 26.3 Å². The smallest absolute Gasteiger partial charge is 0.242 e. The Morgan fingerprint density at radius 1 is 1.35 bits per heavy atom. The second-order valence-electron chi connectivity index (χ2n) is 5.14. The molecule has 0 atom stereocenters. The Bertz CT molecular complexity index is 591. The highest BCUT2D eigenvalue weighted by molar-refractivity contribution is 7.89. The Labute approximate surface area is 127 Å². The Morgan fingerprint density at radius 2 is 1.95 bits per heavy atom. The first-order valence-electron chi connectivity index (χ1n) is 5.85. The topological polar surface area (TPSA) is 66.4 Å².